The summed E-state index contributed by atoms with van der Waals surface area (Å²) < 4.78 is 8.26. The molecule has 4 aromatic heterocycles. The fourth-order valence-electron chi connectivity index (χ4n) is 5.61. The minimum absolute atomic E-state index is 0.171. The molecule has 216 valence electrons. The standard InChI is InChI=1S/C28H30N10O4/c1-42-28(41)32-12-17-6-21(7-17)37-15-25(35-36-37)22-14-30-24(26-3-2-20-8-18(10-29)13-33-38(20)26)9-23(22)34-19-4-16(5-19)11-31-27(39)40/h2-3,8-9,13-17,19,21,31H,4-7,11-12H2,1H3,(H,30,34)(H,32,41)(H,39,40)/t16-,17-,19-,21-. The number of alkyl carbamates (subject to hydrolysis) is 1. The largest absolute Gasteiger partial charge is 0.465 e. The summed E-state index contributed by atoms with van der Waals surface area (Å²) in [4.78, 5) is 27.0. The molecule has 0 atom stereocenters. The van der Waals surface area contributed by atoms with Crippen LogP contribution >= 0.6 is 0 Å². The number of fused-ring (bicyclic) bond motifs is 1. The van der Waals surface area contributed by atoms with Gasteiger partial charge in [-0.2, -0.15) is 10.4 Å². The zero-order valence-corrected chi connectivity index (χ0v) is 22.9. The van der Waals surface area contributed by atoms with Crippen molar-refractivity contribution in [3.63, 3.8) is 0 Å². The van der Waals surface area contributed by atoms with Gasteiger partial charge in [0.05, 0.1) is 48.0 Å². The number of pyridine rings is 1. The maximum atomic E-state index is 11.4. The Morgan fingerprint density at radius 1 is 1.10 bits per heavy atom. The normalized spacial score (nSPS) is 21.0. The number of carbonyl (C=O) groups is 2. The summed E-state index contributed by atoms with van der Waals surface area (Å²) in [6, 6.07) is 10.0. The predicted octanol–water partition coefficient (Wildman–Crippen LogP) is 3.29. The number of hydrogen-bond acceptors (Lipinski definition) is 9. The number of anilines is 1. The van der Waals surface area contributed by atoms with E-state index in [0.717, 1.165) is 48.1 Å². The van der Waals surface area contributed by atoms with Gasteiger partial charge in [-0.3, -0.25) is 4.98 Å². The van der Waals surface area contributed by atoms with Crippen LogP contribution in [0, 0.1) is 23.2 Å². The Morgan fingerprint density at radius 2 is 1.88 bits per heavy atom. The maximum Gasteiger partial charge on any atom is 0.406 e. The number of ether oxygens (including phenoxy) is 1. The highest BCUT2D eigenvalue weighted by Gasteiger charge is 2.33. The first-order valence-electron chi connectivity index (χ1n) is 13.8. The molecule has 0 unspecified atom stereocenters. The Bertz CT molecular complexity index is 1660. The van der Waals surface area contributed by atoms with E-state index in [-0.39, 0.29) is 18.0 Å². The molecular formula is C28H30N10O4. The van der Waals surface area contributed by atoms with Crippen LogP contribution in [0.15, 0.2) is 42.9 Å². The maximum absolute atomic E-state index is 11.4. The van der Waals surface area contributed by atoms with Crippen molar-refractivity contribution in [3.8, 4) is 28.7 Å². The lowest BCUT2D eigenvalue weighted by molar-refractivity contribution is 0.150. The molecule has 2 amide bonds. The molecule has 2 fully saturated rings. The quantitative estimate of drug-likeness (QED) is 0.233. The summed E-state index contributed by atoms with van der Waals surface area (Å²) in [7, 11) is 1.35. The number of carbonyl (C=O) groups excluding carboxylic acids is 1. The summed E-state index contributed by atoms with van der Waals surface area (Å²) in [5.74, 6) is 0.634. The second-order valence-electron chi connectivity index (χ2n) is 10.8. The van der Waals surface area contributed by atoms with Crippen molar-refractivity contribution >= 4 is 23.4 Å². The van der Waals surface area contributed by atoms with E-state index in [9.17, 15) is 14.9 Å². The molecule has 2 aliphatic rings. The molecule has 0 spiro atoms. The highest BCUT2D eigenvalue weighted by Crippen LogP contribution is 2.39. The molecular weight excluding hydrogens is 540 g/mol. The summed E-state index contributed by atoms with van der Waals surface area (Å²) in [5, 5.41) is 40.3. The van der Waals surface area contributed by atoms with Crippen molar-refractivity contribution in [2.75, 3.05) is 25.5 Å². The zero-order valence-electron chi connectivity index (χ0n) is 22.9. The molecule has 0 radical (unpaired) electrons. The topological polar surface area (TPSA) is 184 Å². The van der Waals surface area contributed by atoms with Crippen LogP contribution in [0.5, 0.6) is 0 Å². The molecule has 0 aromatic carbocycles. The van der Waals surface area contributed by atoms with Crippen LogP contribution in [-0.4, -0.2) is 73.1 Å². The first kappa shape index (κ1) is 27.0. The molecule has 2 saturated carbocycles. The van der Waals surface area contributed by atoms with Crippen LogP contribution in [0.3, 0.4) is 0 Å². The number of carboxylic acid groups (broad SMARTS) is 1. The first-order valence-corrected chi connectivity index (χ1v) is 13.8. The van der Waals surface area contributed by atoms with Crippen molar-refractivity contribution in [1.82, 2.24) is 40.2 Å². The van der Waals surface area contributed by atoms with Gasteiger partial charge in [0.25, 0.3) is 0 Å². The van der Waals surface area contributed by atoms with Gasteiger partial charge in [-0.05, 0) is 61.8 Å². The van der Waals surface area contributed by atoms with Crippen LogP contribution in [-0.2, 0) is 4.74 Å². The summed E-state index contributed by atoms with van der Waals surface area (Å²) in [5.41, 5.74) is 5.10. The fraction of sp³-hybridized carbons (Fsp3) is 0.393. The van der Waals surface area contributed by atoms with E-state index in [1.54, 1.807) is 16.8 Å². The van der Waals surface area contributed by atoms with Crippen molar-refractivity contribution in [2.45, 2.75) is 37.8 Å². The number of nitriles is 1. The molecule has 4 N–H and O–H groups in total. The second-order valence-corrected chi connectivity index (χ2v) is 10.8. The van der Waals surface area contributed by atoms with Gasteiger partial charge >= 0.3 is 12.2 Å². The highest BCUT2D eigenvalue weighted by molar-refractivity contribution is 5.79. The van der Waals surface area contributed by atoms with Crippen LogP contribution in [0.2, 0.25) is 0 Å². The van der Waals surface area contributed by atoms with Gasteiger partial charge in [0.2, 0.25) is 0 Å². The minimum Gasteiger partial charge on any atom is -0.465 e. The van der Waals surface area contributed by atoms with Gasteiger partial charge in [-0.25, -0.2) is 18.8 Å². The molecule has 14 nitrogen and oxygen atoms in total. The molecule has 14 heteroatoms. The monoisotopic (exact) mass is 570 g/mol. The van der Waals surface area contributed by atoms with Gasteiger partial charge < -0.3 is 25.8 Å². The smallest absolute Gasteiger partial charge is 0.406 e. The minimum atomic E-state index is -1.01. The van der Waals surface area contributed by atoms with E-state index in [0.29, 0.717) is 36.0 Å². The Kier molecular flexibility index (Phi) is 7.30. The number of hydrogen-bond donors (Lipinski definition) is 4. The third-order valence-corrected chi connectivity index (χ3v) is 8.02. The fourth-order valence-corrected chi connectivity index (χ4v) is 5.61. The Balaban J connectivity index is 1.22. The molecule has 0 aliphatic heterocycles. The lowest BCUT2D eigenvalue weighted by atomic mass is 9.80. The molecule has 4 heterocycles. The number of aromatic nitrogens is 6. The van der Waals surface area contributed by atoms with Crippen LogP contribution in [0.1, 0.15) is 37.3 Å². The first-order chi connectivity index (χ1) is 20.4. The summed E-state index contributed by atoms with van der Waals surface area (Å²) >= 11 is 0. The Labute approximate surface area is 240 Å². The lowest BCUT2D eigenvalue weighted by Gasteiger charge is -2.36. The molecule has 6 rings (SSSR count). The van der Waals surface area contributed by atoms with Crippen molar-refractivity contribution < 1.29 is 19.4 Å². The number of nitrogens with one attached hydrogen (secondary N) is 3. The van der Waals surface area contributed by atoms with Crippen LogP contribution in [0.25, 0.3) is 28.2 Å². The molecule has 0 bridgehead atoms. The summed E-state index contributed by atoms with van der Waals surface area (Å²) in [6.45, 7) is 0.996. The predicted molar refractivity (Wildman–Crippen MR) is 150 cm³/mol. The van der Waals surface area contributed by atoms with E-state index < -0.39 is 12.2 Å². The van der Waals surface area contributed by atoms with Gasteiger partial charge in [-0.15, -0.1) is 5.10 Å². The van der Waals surface area contributed by atoms with E-state index in [1.807, 2.05) is 29.1 Å². The van der Waals surface area contributed by atoms with Crippen LogP contribution < -0.4 is 16.0 Å². The van der Waals surface area contributed by atoms with E-state index in [2.05, 4.69) is 42.2 Å². The Hall–Kier alpha value is -5.19. The number of amides is 2. The molecule has 4 aromatic rings. The van der Waals surface area contributed by atoms with Crippen molar-refractivity contribution in [3.05, 3.63) is 48.4 Å². The summed E-state index contributed by atoms with van der Waals surface area (Å²) in [6.07, 6.45) is 7.22. The van der Waals surface area contributed by atoms with E-state index >= 15 is 0 Å². The molecule has 0 saturated heterocycles. The second kappa shape index (κ2) is 11.4. The highest BCUT2D eigenvalue weighted by atomic mass is 16.5. The zero-order chi connectivity index (χ0) is 29.2. The van der Waals surface area contributed by atoms with Gasteiger partial charge in [0.1, 0.15) is 11.8 Å². The third kappa shape index (κ3) is 5.53. The van der Waals surface area contributed by atoms with Crippen LogP contribution in [0.4, 0.5) is 15.3 Å². The Morgan fingerprint density at radius 3 is 2.64 bits per heavy atom. The van der Waals surface area contributed by atoms with Crippen molar-refractivity contribution in [1.29, 1.82) is 5.26 Å². The molecule has 42 heavy (non-hydrogen) atoms. The van der Waals surface area contributed by atoms with E-state index in [1.165, 1.54) is 13.3 Å². The SMILES string of the molecule is COC(=O)NC[C@H]1C[C@H](n2cc(-c3cnc(-c4ccc5cc(C#N)cnn45)cc3N[C@H]3C[C@H](CNC(=O)O)C3)nn2)C1. The lowest BCUT2D eigenvalue weighted by Crippen LogP contribution is -2.41. The van der Waals surface area contributed by atoms with Gasteiger partial charge in [0, 0.05) is 36.6 Å². The van der Waals surface area contributed by atoms with Gasteiger partial charge in [0.15, 0.2) is 0 Å². The number of methoxy groups -OCH3 is 1. The van der Waals surface area contributed by atoms with Gasteiger partial charge in [-0.1, -0.05) is 5.21 Å². The van der Waals surface area contributed by atoms with Crippen molar-refractivity contribution in [2.24, 2.45) is 11.8 Å². The number of rotatable bonds is 9. The third-order valence-electron chi connectivity index (χ3n) is 8.02. The average molecular weight is 571 g/mol. The average Bonchev–Trinajstić information content (AvgIpc) is 3.60. The number of nitrogens with zero attached hydrogens (tertiary/aromatic N) is 7. The van der Waals surface area contributed by atoms with E-state index in [4.69, 9.17) is 10.1 Å². The molecule has 2 aliphatic carbocycles.